The van der Waals surface area contributed by atoms with Gasteiger partial charge in [-0.05, 0) is 43.2 Å². The fraction of sp³-hybridized carbons (Fsp3) is 0.214. The van der Waals surface area contributed by atoms with Gasteiger partial charge in [0.05, 0.1) is 5.35 Å². The van der Waals surface area contributed by atoms with Crippen LogP contribution >= 0.6 is 0 Å². The molecule has 0 atom stereocenters. The first-order valence-electron chi connectivity index (χ1n) is 5.04. The summed E-state index contributed by atoms with van der Waals surface area (Å²) in [6, 6.07) is 3.86. The van der Waals surface area contributed by atoms with E-state index in [9.17, 15) is 0 Å². The first-order valence-corrected chi connectivity index (χ1v) is 5.04. The molecule has 0 bridgehead atoms. The zero-order chi connectivity index (χ0) is 11.3. The SMILES string of the molecule is C=C(C)CC(=C/C)/C=c1/ncccc1=C. The van der Waals surface area contributed by atoms with E-state index in [-0.39, 0.29) is 0 Å². The monoisotopic (exact) mass is 199 g/mol. The molecule has 0 unspecified atom stereocenters. The van der Waals surface area contributed by atoms with Crippen LogP contribution in [0.4, 0.5) is 0 Å². The summed E-state index contributed by atoms with van der Waals surface area (Å²) in [6.45, 7) is 11.9. The molecule has 0 aliphatic heterocycles. The maximum atomic E-state index is 4.28. The maximum absolute atomic E-state index is 4.28. The number of nitrogens with zero attached hydrogens (tertiary/aromatic N) is 1. The van der Waals surface area contributed by atoms with Crippen LogP contribution in [0, 0.1) is 0 Å². The second kappa shape index (κ2) is 5.30. The van der Waals surface area contributed by atoms with Gasteiger partial charge in [-0.1, -0.05) is 30.9 Å². The maximum Gasteiger partial charge on any atom is 0.0698 e. The van der Waals surface area contributed by atoms with Crippen molar-refractivity contribution < 1.29 is 0 Å². The average Bonchev–Trinajstić information content (AvgIpc) is 2.19. The highest BCUT2D eigenvalue weighted by Crippen LogP contribution is 2.08. The largest absolute Gasteiger partial charge is 0.256 e. The van der Waals surface area contributed by atoms with Crippen molar-refractivity contribution in [3.05, 3.63) is 52.7 Å². The Morgan fingerprint density at radius 1 is 1.53 bits per heavy atom. The lowest BCUT2D eigenvalue weighted by molar-refractivity contribution is 1.16. The molecule has 0 aliphatic carbocycles. The molecule has 78 valence electrons. The Morgan fingerprint density at radius 3 is 2.80 bits per heavy atom. The summed E-state index contributed by atoms with van der Waals surface area (Å²) in [5, 5.41) is 1.89. The van der Waals surface area contributed by atoms with Gasteiger partial charge >= 0.3 is 0 Å². The van der Waals surface area contributed by atoms with E-state index in [4.69, 9.17) is 0 Å². The van der Waals surface area contributed by atoms with Crippen LogP contribution in [0.3, 0.4) is 0 Å². The Kier molecular flexibility index (Phi) is 4.04. The molecule has 0 saturated heterocycles. The number of aromatic nitrogens is 1. The fourth-order valence-electron chi connectivity index (χ4n) is 1.34. The van der Waals surface area contributed by atoms with E-state index in [0.29, 0.717) is 0 Å². The standard InChI is InChI=1S/C14H17N/c1-5-13(9-11(2)3)10-14-12(4)7-6-8-15-14/h5-8,10H,2,4,9H2,1,3H3/b13-5-,14-10+. The van der Waals surface area contributed by atoms with Gasteiger partial charge in [-0.2, -0.15) is 0 Å². The predicted molar refractivity (Wildman–Crippen MR) is 66.7 cm³/mol. The van der Waals surface area contributed by atoms with E-state index in [1.54, 1.807) is 6.20 Å². The molecule has 1 nitrogen and oxygen atoms in total. The van der Waals surface area contributed by atoms with Crippen molar-refractivity contribution in [2.24, 2.45) is 0 Å². The van der Waals surface area contributed by atoms with Crippen LogP contribution in [-0.4, -0.2) is 4.98 Å². The van der Waals surface area contributed by atoms with Crippen molar-refractivity contribution in [1.82, 2.24) is 4.98 Å². The van der Waals surface area contributed by atoms with Gasteiger partial charge in [0.15, 0.2) is 0 Å². The first-order chi connectivity index (χ1) is 7.13. The molecule has 0 fully saturated rings. The molecule has 0 aliphatic rings. The van der Waals surface area contributed by atoms with Crippen LogP contribution in [0.25, 0.3) is 12.7 Å². The van der Waals surface area contributed by atoms with Gasteiger partial charge in [-0.3, -0.25) is 4.98 Å². The van der Waals surface area contributed by atoms with E-state index in [0.717, 1.165) is 22.6 Å². The molecule has 0 amide bonds. The van der Waals surface area contributed by atoms with Gasteiger partial charge in [0.1, 0.15) is 0 Å². The molecule has 0 spiro atoms. The topological polar surface area (TPSA) is 12.9 Å². The fourth-order valence-corrected chi connectivity index (χ4v) is 1.34. The van der Waals surface area contributed by atoms with Crippen molar-refractivity contribution in [1.29, 1.82) is 0 Å². The van der Waals surface area contributed by atoms with E-state index >= 15 is 0 Å². The summed E-state index contributed by atoms with van der Waals surface area (Å²) in [5.74, 6) is 0. The Balaban J connectivity index is 3.11. The lowest BCUT2D eigenvalue weighted by Crippen LogP contribution is -2.25. The molecule has 0 aromatic carbocycles. The zero-order valence-corrected chi connectivity index (χ0v) is 9.46. The lowest BCUT2D eigenvalue weighted by Gasteiger charge is -1.99. The third kappa shape index (κ3) is 3.55. The summed E-state index contributed by atoms with van der Waals surface area (Å²) in [7, 11) is 0. The van der Waals surface area contributed by atoms with Crippen LogP contribution in [0.15, 0.2) is 42.1 Å². The van der Waals surface area contributed by atoms with Crippen molar-refractivity contribution in [2.75, 3.05) is 0 Å². The second-order valence-corrected chi connectivity index (χ2v) is 3.69. The van der Waals surface area contributed by atoms with Crippen molar-refractivity contribution in [3.8, 4) is 0 Å². The van der Waals surface area contributed by atoms with Crippen molar-refractivity contribution >= 4 is 12.7 Å². The molecular formula is C14H17N. The second-order valence-electron chi connectivity index (χ2n) is 3.69. The minimum Gasteiger partial charge on any atom is -0.256 e. The Hall–Kier alpha value is -1.63. The summed E-state index contributed by atoms with van der Waals surface area (Å²) in [4.78, 5) is 4.28. The lowest BCUT2D eigenvalue weighted by atomic mass is 10.1. The molecule has 15 heavy (non-hydrogen) atoms. The van der Waals surface area contributed by atoms with Gasteiger partial charge < -0.3 is 0 Å². The zero-order valence-electron chi connectivity index (χ0n) is 9.46. The number of pyridine rings is 1. The van der Waals surface area contributed by atoms with E-state index in [2.05, 4.69) is 30.3 Å². The molecular weight excluding hydrogens is 182 g/mol. The molecule has 1 heterocycles. The molecule has 0 saturated carbocycles. The van der Waals surface area contributed by atoms with E-state index in [1.807, 2.05) is 26.0 Å². The minimum atomic E-state index is 0.895. The highest BCUT2D eigenvalue weighted by atomic mass is 14.6. The van der Waals surface area contributed by atoms with Crippen LogP contribution < -0.4 is 10.6 Å². The van der Waals surface area contributed by atoms with Gasteiger partial charge in [-0.25, -0.2) is 0 Å². The van der Waals surface area contributed by atoms with E-state index in [1.165, 1.54) is 5.57 Å². The third-order valence-corrected chi connectivity index (χ3v) is 2.12. The van der Waals surface area contributed by atoms with Crippen LogP contribution in [-0.2, 0) is 0 Å². The van der Waals surface area contributed by atoms with E-state index < -0.39 is 0 Å². The number of rotatable bonds is 3. The third-order valence-electron chi connectivity index (χ3n) is 2.12. The van der Waals surface area contributed by atoms with Gasteiger partial charge in [0.2, 0.25) is 0 Å². The van der Waals surface area contributed by atoms with Gasteiger partial charge in [-0.15, -0.1) is 0 Å². The highest BCUT2D eigenvalue weighted by molar-refractivity contribution is 5.46. The summed E-state index contributed by atoms with van der Waals surface area (Å²) >= 11 is 0. The molecule has 0 radical (unpaired) electrons. The smallest absolute Gasteiger partial charge is 0.0698 e. The van der Waals surface area contributed by atoms with Crippen LogP contribution in [0.2, 0.25) is 0 Å². The first kappa shape index (κ1) is 11.4. The predicted octanol–water partition coefficient (Wildman–Crippen LogP) is 2.18. The molecule has 1 rings (SSSR count). The Labute approximate surface area is 91.2 Å². The highest BCUT2D eigenvalue weighted by Gasteiger charge is 1.92. The van der Waals surface area contributed by atoms with Crippen molar-refractivity contribution in [3.63, 3.8) is 0 Å². The molecule has 1 heteroatoms. The Bertz CT molecular complexity index is 480. The number of allylic oxidation sites excluding steroid dienone is 3. The summed E-state index contributed by atoms with van der Waals surface area (Å²) in [6.07, 6.45) is 6.83. The molecule has 0 N–H and O–H groups in total. The van der Waals surface area contributed by atoms with Crippen LogP contribution in [0.1, 0.15) is 20.3 Å². The normalized spacial score (nSPS) is 12.9. The summed E-state index contributed by atoms with van der Waals surface area (Å²) in [5.41, 5.74) is 2.38. The van der Waals surface area contributed by atoms with Crippen LogP contribution in [0.5, 0.6) is 0 Å². The van der Waals surface area contributed by atoms with Crippen molar-refractivity contribution in [2.45, 2.75) is 20.3 Å². The minimum absolute atomic E-state index is 0.895. The Morgan fingerprint density at radius 2 is 2.27 bits per heavy atom. The number of hydrogen-bond donors (Lipinski definition) is 0. The summed E-state index contributed by atoms with van der Waals surface area (Å²) < 4.78 is 0. The number of hydrogen-bond acceptors (Lipinski definition) is 1. The average molecular weight is 199 g/mol. The van der Waals surface area contributed by atoms with Gasteiger partial charge in [0.25, 0.3) is 0 Å². The quantitative estimate of drug-likeness (QED) is 0.680. The molecule has 1 aromatic rings. The van der Waals surface area contributed by atoms with Gasteiger partial charge in [0, 0.05) is 6.20 Å². The molecule has 1 aromatic heterocycles.